The lowest BCUT2D eigenvalue weighted by molar-refractivity contribution is -0.132. The fourth-order valence-electron chi connectivity index (χ4n) is 3.10. The molecule has 0 saturated carbocycles. The van der Waals surface area contributed by atoms with E-state index in [1.165, 1.54) is 4.90 Å². The molecule has 33 heavy (non-hydrogen) atoms. The first kappa shape index (κ1) is 25.8. The Kier molecular flexibility index (Phi) is 8.28. The van der Waals surface area contributed by atoms with Gasteiger partial charge >= 0.3 is 6.09 Å². The molecular weight excluding hydrogens is 507 g/mol. The molecule has 178 valence electrons. The number of thiocarbonyl (C=S) groups is 1. The van der Waals surface area contributed by atoms with Crippen molar-refractivity contribution < 1.29 is 19.1 Å². The van der Waals surface area contributed by atoms with E-state index in [9.17, 15) is 14.4 Å². The first-order chi connectivity index (χ1) is 15.4. The smallest absolute Gasteiger partial charge is 0.410 e. The van der Waals surface area contributed by atoms with Crippen molar-refractivity contribution in [2.45, 2.75) is 26.4 Å². The number of hydrazine groups is 1. The molecule has 1 aromatic carbocycles. The first-order valence-corrected chi connectivity index (χ1v) is 12.1. The molecule has 8 nitrogen and oxygen atoms in total. The second-order valence-electron chi connectivity index (χ2n) is 8.39. The predicted octanol–water partition coefficient (Wildman–Crippen LogP) is 3.78. The fourth-order valence-corrected chi connectivity index (χ4v) is 4.84. The molecule has 1 N–H and O–H groups in total. The number of halogens is 2. The summed E-state index contributed by atoms with van der Waals surface area (Å²) in [5.74, 6) is -0.764. The van der Waals surface area contributed by atoms with Crippen molar-refractivity contribution in [1.82, 2.24) is 20.2 Å². The summed E-state index contributed by atoms with van der Waals surface area (Å²) in [5, 5.41) is 2.53. The number of nitrogens with one attached hydrogen (secondary N) is 1. The lowest BCUT2D eigenvalue weighted by Gasteiger charge is -2.35. The Balaban J connectivity index is 1.54. The Labute approximate surface area is 212 Å². The van der Waals surface area contributed by atoms with Gasteiger partial charge in [-0.15, -0.1) is 0 Å². The van der Waals surface area contributed by atoms with E-state index in [-0.39, 0.29) is 28.8 Å². The van der Waals surface area contributed by atoms with Gasteiger partial charge in [0.25, 0.3) is 11.8 Å². The zero-order chi connectivity index (χ0) is 24.3. The summed E-state index contributed by atoms with van der Waals surface area (Å²) in [6.07, 6.45) is 1.20. The highest BCUT2D eigenvalue weighted by Gasteiger charge is 2.34. The van der Waals surface area contributed by atoms with Crippen LogP contribution < -0.4 is 5.43 Å². The third-order valence-electron chi connectivity index (χ3n) is 4.66. The van der Waals surface area contributed by atoms with Crippen molar-refractivity contribution in [1.29, 1.82) is 0 Å². The SMILES string of the molecule is CC(C)(C)OC(=O)N1CCN(NC(=O)CN2C(=O)/C(=C/c3c(Cl)cccc3Cl)SC2=S)CC1. The maximum absolute atomic E-state index is 12.8. The normalized spacial score (nSPS) is 18.8. The molecule has 2 saturated heterocycles. The van der Waals surface area contributed by atoms with Crippen LogP contribution in [0, 0.1) is 0 Å². The number of nitrogens with zero attached hydrogens (tertiary/aromatic N) is 3. The van der Waals surface area contributed by atoms with E-state index in [1.54, 1.807) is 34.2 Å². The highest BCUT2D eigenvalue weighted by molar-refractivity contribution is 8.26. The number of hydrogen-bond donors (Lipinski definition) is 1. The quantitative estimate of drug-likeness (QED) is 0.468. The molecule has 0 unspecified atom stereocenters. The molecule has 0 spiro atoms. The van der Waals surface area contributed by atoms with Gasteiger partial charge in [-0.2, -0.15) is 0 Å². The summed E-state index contributed by atoms with van der Waals surface area (Å²) in [4.78, 5) is 40.7. The van der Waals surface area contributed by atoms with E-state index in [0.29, 0.717) is 46.7 Å². The van der Waals surface area contributed by atoms with Crippen molar-refractivity contribution in [3.8, 4) is 0 Å². The van der Waals surface area contributed by atoms with Gasteiger partial charge in [-0.25, -0.2) is 9.80 Å². The van der Waals surface area contributed by atoms with Gasteiger partial charge < -0.3 is 9.64 Å². The molecule has 2 heterocycles. The summed E-state index contributed by atoms with van der Waals surface area (Å²) >= 11 is 18.8. The Bertz CT molecular complexity index is 984. The molecular formula is C21H24Cl2N4O4S2. The topological polar surface area (TPSA) is 82.2 Å². The number of carbonyl (C=O) groups excluding carboxylic acids is 3. The Morgan fingerprint density at radius 3 is 2.36 bits per heavy atom. The van der Waals surface area contributed by atoms with Crippen LogP contribution in [0.1, 0.15) is 26.3 Å². The van der Waals surface area contributed by atoms with Crippen LogP contribution in [0.3, 0.4) is 0 Å². The van der Waals surface area contributed by atoms with Crippen LogP contribution >= 0.6 is 47.2 Å². The van der Waals surface area contributed by atoms with Crippen molar-refractivity contribution in [3.63, 3.8) is 0 Å². The lowest BCUT2D eigenvalue weighted by Crippen LogP contribution is -2.56. The molecule has 12 heteroatoms. The number of ether oxygens (including phenoxy) is 1. The highest BCUT2D eigenvalue weighted by Crippen LogP contribution is 2.35. The number of carbonyl (C=O) groups is 3. The van der Waals surface area contributed by atoms with Crippen molar-refractivity contribution in [2.24, 2.45) is 0 Å². The maximum Gasteiger partial charge on any atom is 0.410 e. The monoisotopic (exact) mass is 530 g/mol. The summed E-state index contributed by atoms with van der Waals surface area (Å²) in [6.45, 7) is 6.93. The second kappa shape index (κ2) is 10.6. The largest absolute Gasteiger partial charge is 0.444 e. The number of thioether (sulfide) groups is 1. The molecule has 3 rings (SSSR count). The van der Waals surface area contributed by atoms with Crippen molar-refractivity contribution >= 4 is 75.5 Å². The average molecular weight is 531 g/mol. The minimum Gasteiger partial charge on any atom is -0.444 e. The first-order valence-electron chi connectivity index (χ1n) is 10.2. The van der Waals surface area contributed by atoms with Gasteiger partial charge in [0.1, 0.15) is 16.5 Å². The molecule has 2 aliphatic heterocycles. The molecule has 0 bridgehead atoms. The minimum absolute atomic E-state index is 0.218. The van der Waals surface area contributed by atoms with Crippen molar-refractivity contribution in [3.05, 3.63) is 38.7 Å². The highest BCUT2D eigenvalue weighted by atomic mass is 35.5. The molecule has 0 aromatic heterocycles. The zero-order valence-corrected chi connectivity index (χ0v) is 21.5. The van der Waals surface area contributed by atoms with Gasteiger partial charge in [0.2, 0.25) is 0 Å². The van der Waals surface area contributed by atoms with E-state index < -0.39 is 5.60 Å². The summed E-state index contributed by atoms with van der Waals surface area (Å²) < 4.78 is 5.65. The minimum atomic E-state index is -0.564. The predicted molar refractivity (Wildman–Crippen MR) is 134 cm³/mol. The second-order valence-corrected chi connectivity index (χ2v) is 10.9. The number of rotatable bonds is 4. The third kappa shape index (κ3) is 6.83. The summed E-state index contributed by atoms with van der Waals surface area (Å²) in [5.41, 5.74) is 2.73. The van der Waals surface area contributed by atoms with Crippen LogP contribution in [-0.4, -0.2) is 75.4 Å². The molecule has 3 amide bonds. The number of benzene rings is 1. The van der Waals surface area contributed by atoms with Crippen molar-refractivity contribution in [2.75, 3.05) is 32.7 Å². The Morgan fingerprint density at radius 2 is 1.79 bits per heavy atom. The summed E-state index contributed by atoms with van der Waals surface area (Å²) in [6, 6.07) is 5.07. The fraction of sp³-hybridized carbons (Fsp3) is 0.429. The van der Waals surface area contributed by atoms with E-state index in [2.05, 4.69) is 5.43 Å². The standard InChI is InChI=1S/C21H24Cl2N4O4S2/c1-21(2,3)31-19(30)25-7-9-26(10-8-25)24-17(28)12-27-18(29)16(33-20(27)32)11-13-14(22)5-4-6-15(13)23/h4-6,11H,7-10,12H2,1-3H3,(H,24,28)/b16-11-. The van der Waals surface area contributed by atoms with E-state index in [1.807, 2.05) is 20.8 Å². The Morgan fingerprint density at radius 1 is 1.18 bits per heavy atom. The van der Waals surface area contributed by atoms with Gasteiger partial charge in [-0.3, -0.25) is 19.9 Å². The van der Waals surface area contributed by atoms with E-state index in [4.69, 9.17) is 40.2 Å². The number of amides is 3. The average Bonchev–Trinajstić information content (AvgIpc) is 2.97. The molecule has 0 aliphatic carbocycles. The molecule has 2 aliphatic rings. The molecule has 0 atom stereocenters. The van der Waals surface area contributed by atoms with Crippen LogP contribution in [-0.2, 0) is 14.3 Å². The van der Waals surface area contributed by atoms with Crippen LogP contribution in [0.4, 0.5) is 4.79 Å². The number of hydrogen-bond acceptors (Lipinski definition) is 7. The maximum atomic E-state index is 12.8. The Hall–Kier alpha value is -1.85. The third-order valence-corrected chi connectivity index (χ3v) is 6.70. The van der Waals surface area contributed by atoms with Crippen LogP contribution in [0.2, 0.25) is 10.0 Å². The molecule has 0 radical (unpaired) electrons. The zero-order valence-electron chi connectivity index (χ0n) is 18.4. The van der Waals surface area contributed by atoms with Crippen LogP contribution in [0.5, 0.6) is 0 Å². The van der Waals surface area contributed by atoms with Crippen LogP contribution in [0.25, 0.3) is 6.08 Å². The number of piperazine rings is 1. The van der Waals surface area contributed by atoms with Gasteiger partial charge in [0, 0.05) is 41.8 Å². The van der Waals surface area contributed by atoms with Gasteiger partial charge in [0.15, 0.2) is 0 Å². The molecule has 1 aromatic rings. The van der Waals surface area contributed by atoms with Crippen LogP contribution in [0.15, 0.2) is 23.1 Å². The van der Waals surface area contributed by atoms with Gasteiger partial charge in [-0.05, 0) is 39.0 Å². The van der Waals surface area contributed by atoms with E-state index in [0.717, 1.165) is 11.8 Å². The molecule has 2 fully saturated rings. The van der Waals surface area contributed by atoms with Gasteiger partial charge in [-0.1, -0.05) is 53.2 Å². The lowest BCUT2D eigenvalue weighted by atomic mass is 10.2. The van der Waals surface area contributed by atoms with E-state index >= 15 is 0 Å². The summed E-state index contributed by atoms with van der Waals surface area (Å²) in [7, 11) is 0. The van der Waals surface area contributed by atoms with Gasteiger partial charge in [0.05, 0.1) is 4.91 Å².